The Morgan fingerprint density at radius 3 is 3.05 bits per heavy atom. The van der Waals surface area contributed by atoms with Crippen LogP contribution >= 0.6 is 0 Å². The van der Waals surface area contributed by atoms with Gasteiger partial charge in [0.1, 0.15) is 6.10 Å². The number of likely N-dealkylation sites (tertiary alicyclic amines) is 1. The van der Waals surface area contributed by atoms with Crippen molar-refractivity contribution in [1.82, 2.24) is 4.90 Å². The third-order valence-corrected chi connectivity index (χ3v) is 6.84. The first-order valence-corrected chi connectivity index (χ1v) is 8.41. The van der Waals surface area contributed by atoms with Gasteiger partial charge >= 0.3 is 0 Å². The van der Waals surface area contributed by atoms with E-state index in [0.29, 0.717) is 0 Å². The minimum Gasteiger partial charge on any atom is -0.493 e. The third-order valence-electron chi connectivity index (χ3n) is 6.84. The van der Waals surface area contributed by atoms with Crippen LogP contribution in [0.3, 0.4) is 0 Å². The molecule has 0 aromatic heterocycles. The van der Waals surface area contributed by atoms with Crippen molar-refractivity contribution in [2.24, 2.45) is 0 Å². The molecule has 5 rings (SSSR count). The molecule has 2 aliphatic carbocycles. The number of hydrogen-bond acceptors (Lipinski definition) is 4. The van der Waals surface area contributed by atoms with Crippen LogP contribution in [0.4, 0.5) is 0 Å². The second kappa shape index (κ2) is 3.98. The highest BCUT2D eigenvalue weighted by atomic mass is 16.5. The normalized spacial score (nSPS) is 41.8. The molecule has 2 fully saturated rings. The molecule has 4 heteroatoms. The fourth-order valence-corrected chi connectivity index (χ4v) is 5.90. The number of hydrogen-bond donors (Lipinski definition) is 1. The van der Waals surface area contributed by atoms with Crippen LogP contribution < -0.4 is 9.47 Å². The minimum absolute atomic E-state index is 0.104. The van der Waals surface area contributed by atoms with Crippen molar-refractivity contribution in [3.05, 3.63) is 23.3 Å². The highest BCUT2D eigenvalue weighted by Crippen LogP contribution is 2.65. The lowest BCUT2D eigenvalue weighted by Crippen LogP contribution is -2.74. The maximum Gasteiger partial charge on any atom is 0.165 e. The summed E-state index contributed by atoms with van der Waals surface area (Å²) in [5.74, 6) is 1.73. The zero-order valence-electron chi connectivity index (χ0n) is 13.3. The van der Waals surface area contributed by atoms with E-state index in [1.54, 1.807) is 7.11 Å². The molecule has 1 aromatic carbocycles. The Hall–Kier alpha value is -1.26. The van der Waals surface area contributed by atoms with Crippen LogP contribution in [-0.4, -0.2) is 48.5 Å². The molecule has 4 nitrogen and oxygen atoms in total. The molecular formula is C18H23NO3. The van der Waals surface area contributed by atoms with Gasteiger partial charge in [0, 0.05) is 11.6 Å². The van der Waals surface area contributed by atoms with Gasteiger partial charge in [0.15, 0.2) is 11.5 Å². The second-order valence-corrected chi connectivity index (χ2v) is 7.48. The van der Waals surface area contributed by atoms with Crippen LogP contribution in [0.25, 0.3) is 0 Å². The molecule has 1 spiro atoms. The Balaban J connectivity index is 1.84. The number of piperidine rings is 1. The van der Waals surface area contributed by atoms with Crippen molar-refractivity contribution >= 4 is 0 Å². The van der Waals surface area contributed by atoms with Gasteiger partial charge in [0.05, 0.1) is 18.1 Å². The van der Waals surface area contributed by atoms with Crippen LogP contribution in [0.2, 0.25) is 0 Å². The van der Waals surface area contributed by atoms with Crippen molar-refractivity contribution in [2.45, 2.75) is 55.3 Å². The topological polar surface area (TPSA) is 41.9 Å². The first-order chi connectivity index (χ1) is 10.6. The Labute approximate surface area is 131 Å². The highest BCUT2D eigenvalue weighted by Gasteiger charge is 2.70. The molecule has 2 aliphatic heterocycles. The van der Waals surface area contributed by atoms with Gasteiger partial charge in [-0.3, -0.25) is 0 Å². The molecule has 1 unspecified atom stereocenters. The first-order valence-electron chi connectivity index (χ1n) is 8.41. The molecule has 2 heterocycles. The molecule has 1 N–H and O–H groups in total. The molecule has 1 aromatic rings. The standard InChI is InChI=1S/C18H23NO3/c1-19-9-8-17-14-4-3-7-18(17,20)13(19)10-11-5-6-12(21-2)16(22-14)15(11)17/h5-6,13-14,20H,3-4,7-10H2,1-2H3/t13-,14+,17?,18-/m0/s1. The van der Waals surface area contributed by atoms with E-state index in [1.165, 1.54) is 11.1 Å². The minimum atomic E-state index is -0.659. The average molecular weight is 301 g/mol. The predicted molar refractivity (Wildman–Crippen MR) is 82.6 cm³/mol. The molecule has 118 valence electrons. The summed E-state index contributed by atoms with van der Waals surface area (Å²) in [5, 5.41) is 11.8. The van der Waals surface area contributed by atoms with E-state index in [2.05, 4.69) is 18.0 Å². The summed E-state index contributed by atoms with van der Waals surface area (Å²) < 4.78 is 11.9. The van der Waals surface area contributed by atoms with Gasteiger partial charge in [-0.15, -0.1) is 0 Å². The molecule has 2 bridgehead atoms. The van der Waals surface area contributed by atoms with E-state index in [0.717, 1.165) is 50.1 Å². The van der Waals surface area contributed by atoms with Gasteiger partial charge < -0.3 is 19.5 Å². The lowest BCUT2D eigenvalue weighted by Gasteiger charge is -2.62. The van der Waals surface area contributed by atoms with Crippen LogP contribution in [0.5, 0.6) is 11.5 Å². The van der Waals surface area contributed by atoms with E-state index in [-0.39, 0.29) is 17.6 Å². The van der Waals surface area contributed by atoms with E-state index < -0.39 is 5.60 Å². The summed E-state index contributed by atoms with van der Waals surface area (Å²) in [7, 11) is 3.86. The Bertz CT molecular complexity index is 660. The highest BCUT2D eigenvalue weighted by molar-refractivity contribution is 5.62. The van der Waals surface area contributed by atoms with Gasteiger partial charge in [-0.1, -0.05) is 6.07 Å². The fraction of sp³-hybridized carbons (Fsp3) is 0.667. The van der Waals surface area contributed by atoms with Crippen molar-refractivity contribution in [1.29, 1.82) is 0 Å². The number of ether oxygens (including phenoxy) is 2. The lowest BCUT2D eigenvalue weighted by atomic mass is 9.49. The summed E-state index contributed by atoms with van der Waals surface area (Å²) in [6, 6.07) is 4.42. The molecular weight excluding hydrogens is 278 g/mol. The molecule has 1 saturated heterocycles. The smallest absolute Gasteiger partial charge is 0.165 e. The quantitative estimate of drug-likeness (QED) is 0.860. The molecule has 22 heavy (non-hydrogen) atoms. The van der Waals surface area contributed by atoms with E-state index >= 15 is 0 Å². The van der Waals surface area contributed by atoms with Crippen molar-refractivity contribution < 1.29 is 14.6 Å². The summed E-state index contributed by atoms with van der Waals surface area (Å²) >= 11 is 0. The summed E-state index contributed by atoms with van der Waals surface area (Å²) in [5.41, 5.74) is 1.73. The van der Waals surface area contributed by atoms with Crippen LogP contribution in [-0.2, 0) is 11.8 Å². The average Bonchev–Trinajstić information content (AvgIpc) is 2.85. The van der Waals surface area contributed by atoms with Gasteiger partial charge in [-0.25, -0.2) is 0 Å². The molecule has 4 aliphatic rings. The van der Waals surface area contributed by atoms with Gasteiger partial charge in [-0.05, 0) is 57.3 Å². The number of rotatable bonds is 1. The van der Waals surface area contributed by atoms with Crippen molar-refractivity contribution in [3.63, 3.8) is 0 Å². The summed E-state index contributed by atoms with van der Waals surface area (Å²) in [4.78, 5) is 2.36. The SMILES string of the molecule is COc1ccc2c3c1O[C@@H]1CCC[C@]4(O)[C@H](C2)N(C)CCC314. The maximum absolute atomic E-state index is 11.8. The van der Waals surface area contributed by atoms with Crippen LogP contribution in [0, 0.1) is 0 Å². The first kappa shape index (κ1) is 13.2. The van der Waals surface area contributed by atoms with Gasteiger partial charge in [0.25, 0.3) is 0 Å². The fourth-order valence-electron chi connectivity index (χ4n) is 5.90. The van der Waals surface area contributed by atoms with Crippen molar-refractivity contribution in [3.8, 4) is 11.5 Å². The number of aliphatic hydroxyl groups is 1. The van der Waals surface area contributed by atoms with E-state index in [4.69, 9.17) is 9.47 Å². The molecule has 0 amide bonds. The summed E-state index contributed by atoms with van der Waals surface area (Å²) in [6.07, 6.45) is 4.96. The second-order valence-electron chi connectivity index (χ2n) is 7.48. The predicted octanol–water partition coefficient (Wildman–Crippen LogP) is 1.87. The largest absolute Gasteiger partial charge is 0.493 e. The maximum atomic E-state index is 11.8. The zero-order chi connectivity index (χ0) is 15.1. The monoisotopic (exact) mass is 301 g/mol. The Morgan fingerprint density at radius 2 is 2.23 bits per heavy atom. The number of nitrogens with zero attached hydrogens (tertiary/aromatic N) is 1. The van der Waals surface area contributed by atoms with Crippen LogP contribution in [0.1, 0.15) is 36.8 Å². The molecule has 4 atom stereocenters. The number of likely N-dealkylation sites (N-methyl/N-ethyl adjacent to an activating group) is 1. The molecule has 1 saturated carbocycles. The van der Waals surface area contributed by atoms with Gasteiger partial charge in [-0.2, -0.15) is 0 Å². The number of methoxy groups -OCH3 is 1. The Morgan fingerprint density at radius 1 is 1.36 bits per heavy atom. The summed E-state index contributed by atoms with van der Waals surface area (Å²) in [6.45, 7) is 1.03. The zero-order valence-corrected chi connectivity index (χ0v) is 13.3. The molecule has 0 radical (unpaired) electrons. The Kier molecular flexibility index (Phi) is 2.39. The lowest BCUT2D eigenvalue weighted by molar-refractivity contribution is -0.180. The van der Waals surface area contributed by atoms with Crippen LogP contribution in [0.15, 0.2) is 12.1 Å². The number of benzene rings is 1. The van der Waals surface area contributed by atoms with E-state index in [9.17, 15) is 5.11 Å². The van der Waals surface area contributed by atoms with E-state index in [1.807, 2.05) is 6.07 Å². The van der Waals surface area contributed by atoms with Crippen molar-refractivity contribution in [2.75, 3.05) is 20.7 Å². The third kappa shape index (κ3) is 1.21. The van der Waals surface area contributed by atoms with Gasteiger partial charge in [0.2, 0.25) is 0 Å².